The summed E-state index contributed by atoms with van der Waals surface area (Å²) >= 11 is 0. The fraction of sp³-hybridized carbons (Fsp3) is 0.667. The SMILES string of the molecule is Cl.NCCCC[C@H](N)C(=O)[O-].O=C([O-])CC(O)(CC(=O)O)C(=O)O.[Mg+2]. The van der Waals surface area contributed by atoms with Crippen LogP contribution >= 0.6 is 12.4 Å². The molecule has 0 bridgehead atoms. The minimum atomic E-state index is -2.80. The molecule has 0 fully saturated rings. The van der Waals surface area contributed by atoms with E-state index in [1.54, 1.807) is 0 Å². The van der Waals surface area contributed by atoms with E-state index in [-0.39, 0.29) is 35.5 Å². The van der Waals surface area contributed by atoms with Crippen molar-refractivity contribution in [2.45, 2.75) is 43.7 Å². The van der Waals surface area contributed by atoms with E-state index >= 15 is 0 Å². The first-order valence-corrected chi connectivity index (χ1v) is 6.50. The number of carbonyl (C=O) groups is 4. The molecule has 0 saturated carbocycles. The Hall–Kier alpha value is -1.18. The maximum Gasteiger partial charge on any atom is 2.00 e. The average Bonchev–Trinajstić information content (AvgIpc) is 2.37. The number of aliphatic carboxylic acids is 4. The van der Waals surface area contributed by atoms with Crippen LogP contribution in [-0.2, 0) is 19.2 Å². The van der Waals surface area contributed by atoms with Crippen molar-refractivity contribution in [3.05, 3.63) is 0 Å². The van der Waals surface area contributed by atoms with Gasteiger partial charge in [-0.2, -0.15) is 0 Å². The molecule has 0 saturated heterocycles. The quantitative estimate of drug-likeness (QED) is 0.175. The van der Waals surface area contributed by atoms with Crippen LogP contribution in [0.1, 0.15) is 32.1 Å². The van der Waals surface area contributed by atoms with Crippen LogP contribution in [0.4, 0.5) is 0 Å². The first kappa shape index (κ1) is 31.6. The fourth-order valence-corrected chi connectivity index (χ4v) is 1.33. The normalized spacial score (nSPS) is 12.8. The van der Waals surface area contributed by atoms with E-state index in [4.69, 9.17) is 26.8 Å². The second-order valence-electron chi connectivity index (χ2n) is 4.67. The summed E-state index contributed by atoms with van der Waals surface area (Å²) in [7, 11) is 0. The van der Waals surface area contributed by atoms with E-state index in [2.05, 4.69) is 0 Å². The Labute approximate surface area is 165 Å². The van der Waals surface area contributed by atoms with Crippen LogP contribution in [0.5, 0.6) is 0 Å². The molecule has 0 aliphatic heterocycles. The third-order valence-electron chi connectivity index (χ3n) is 2.55. The number of carboxylic acids is 4. The number of nitrogens with two attached hydrogens (primary N) is 2. The molecule has 1 unspecified atom stereocenters. The maximum atomic E-state index is 10.3. The van der Waals surface area contributed by atoms with Gasteiger partial charge in [0.25, 0.3) is 0 Å². The van der Waals surface area contributed by atoms with Gasteiger partial charge < -0.3 is 46.6 Å². The van der Waals surface area contributed by atoms with Crippen molar-refractivity contribution in [2.24, 2.45) is 11.5 Å². The molecular formula is C12H21ClMgN2O9. The van der Waals surface area contributed by atoms with Crippen molar-refractivity contribution in [1.82, 2.24) is 0 Å². The molecule has 0 heterocycles. The van der Waals surface area contributed by atoms with Gasteiger partial charge in [0.05, 0.1) is 12.4 Å². The Morgan fingerprint density at radius 3 is 1.80 bits per heavy atom. The molecule has 142 valence electrons. The molecule has 0 rings (SSSR count). The van der Waals surface area contributed by atoms with Gasteiger partial charge in [0, 0.05) is 18.4 Å². The van der Waals surface area contributed by atoms with E-state index in [0.717, 1.165) is 12.8 Å². The number of unbranched alkanes of at least 4 members (excludes halogenated alkanes) is 1. The van der Waals surface area contributed by atoms with E-state index in [1.165, 1.54) is 0 Å². The van der Waals surface area contributed by atoms with Gasteiger partial charge in [-0.3, -0.25) is 4.79 Å². The Kier molecular flexibility index (Phi) is 20.6. The van der Waals surface area contributed by atoms with E-state index in [1.807, 2.05) is 0 Å². The molecule has 13 heteroatoms. The smallest absolute Gasteiger partial charge is 0.550 e. The van der Waals surface area contributed by atoms with Crippen LogP contribution in [0, 0.1) is 0 Å². The second kappa shape index (κ2) is 16.3. The zero-order valence-electron chi connectivity index (χ0n) is 13.4. The third kappa shape index (κ3) is 17.4. The molecule has 7 N–H and O–H groups in total. The standard InChI is InChI=1S/C6H14N2O2.C6H8O7.ClH.Mg/c7-4-2-1-3-5(8)6(9)10;7-3(8)1-6(13,5(11)12)2-4(9)10;;/h5H,1-4,7-8H2,(H,9,10);13H,1-2H2,(H,7,8)(H,9,10)(H,11,12);1H;/q;;;+2/p-2/t5-;;;/m0.../s1. The van der Waals surface area contributed by atoms with Gasteiger partial charge in [-0.1, -0.05) is 6.42 Å². The maximum absolute atomic E-state index is 10.3. The van der Waals surface area contributed by atoms with Gasteiger partial charge in [-0.15, -0.1) is 12.4 Å². The molecule has 0 aliphatic carbocycles. The first-order chi connectivity index (χ1) is 10.5. The fourth-order valence-electron chi connectivity index (χ4n) is 1.33. The largest absolute Gasteiger partial charge is 2.00 e. The third-order valence-corrected chi connectivity index (χ3v) is 2.55. The minimum absolute atomic E-state index is 0. The molecular weight excluding hydrogens is 376 g/mol. The molecule has 0 aliphatic rings. The number of carbonyl (C=O) groups excluding carboxylic acids is 2. The predicted molar refractivity (Wildman–Crippen MR) is 83.4 cm³/mol. The molecule has 0 radical (unpaired) electrons. The van der Waals surface area contributed by atoms with Crippen molar-refractivity contribution >= 4 is 59.3 Å². The van der Waals surface area contributed by atoms with Gasteiger partial charge >= 0.3 is 35.0 Å². The Morgan fingerprint density at radius 2 is 1.52 bits per heavy atom. The molecule has 0 aromatic rings. The van der Waals surface area contributed by atoms with E-state index in [0.29, 0.717) is 13.0 Å². The summed E-state index contributed by atoms with van der Waals surface area (Å²) in [5, 5.41) is 45.5. The summed E-state index contributed by atoms with van der Waals surface area (Å²) < 4.78 is 0. The molecule has 0 spiro atoms. The topological polar surface area (TPSA) is 227 Å². The van der Waals surface area contributed by atoms with Crippen LogP contribution < -0.4 is 21.7 Å². The Balaban J connectivity index is -0.000000168. The molecule has 25 heavy (non-hydrogen) atoms. The zero-order chi connectivity index (χ0) is 18.6. The van der Waals surface area contributed by atoms with Crippen LogP contribution in [0.3, 0.4) is 0 Å². The van der Waals surface area contributed by atoms with Gasteiger partial charge in [-0.05, 0) is 19.4 Å². The summed E-state index contributed by atoms with van der Waals surface area (Å²) in [6.45, 7) is 0.583. The van der Waals surface area contributed by atoms with Crippen molar-refractivity contribution < 1.29 is 44.7 Å². The number of rotatable bonds is 10. The molecule has 0 amide bonds. The Bertz CT molecular complexity index is 421. The van der Waals surface area contributed by atoms with E-state index < -0.39 is 48.4 Å². The van der Waals surface area contributed by atoms with Crippen molar-refractivity contribution in [2.75, 3.05) is 6.54 Å². The van der Waals surface area contributed by atoms with Crippen LogP contribution in [-0.4, -0.2) is 80.4 Å². The van der Waals surface area contributed by atoms with Gasteiger partial charge in [0.2, 0.25) is 0 Å². The zero-order valence-corrected chi connectivity index (χ0v) is 15.6. The van der Waals surface area contributed by atoms with Crippen molar-refractivity contribution in [3.8, 4) is 0 Å². The molecule has 0 aromatic carbocycles. The van der Waals surface area contributed by atoms with Gasteiger partial charge in [0.1, 0.15) is 0 Å². The number of hydrogen-bond acceptors (Lipinski definition) is 9. The molecule has 0 aromatic heterocycles. The summed E-state index contributed by atoms with van der Waals surface area (Å²) in [6, 6.07) is -0.827. The number of aliphatic hydroxyl groups is 1. The van der Waals surface area contributed by atoms with Gasteiger partial charge in [-0.25, -0.2) is 4.79 Å². The number of hydrogen-bond donors (Lipinski definition) is 5. The summed E-state index contributed by atoms with van der Waals surface area (Å²) in [5.41, 5.74) is 7.54. The number of carboxylic acid groups (broad SMARTS) is 4. The summed E-state index contributed by atoms with van der Waals surface area (Å²) in [4.78, 5) is 40.4. The minimum Gasteiger partial charge on any atom is -0.550 e. The van der Waals surface area contributed by atoms with Crippen LogP contribution in [0.2, 0.25) is 0 Å². The first-order valence-electron chi connectivity index (χ1n) is 6.50. The summed E-state index contributed by atoms with van der Waals surface area (Å²) in [5.74, 6) is -6.52. The summed E-state index contributed by atoms with van der Waals surface area (Å²) in [6.07, 6.45) is -0.406. The van der Waals surface area contributed by atoms with Crippen molar-refractivity contribution in [1.29, 1.82) is 0 Å². The number of halogens is 1. The van der Waals surface area contributed by atoms with Crippen LogP contribution in [0.15, 0.2) is 0 Å². The average molecular weight is 397 g/mol. The molecule has 11 nitrogen and oxygen atoms in total. The van der Waals surface area contributed by atoms with E-state index in [9.17, 15) is 29.4 Å². The second-order valence-corrected chi connectivity index (χ2v) is 4.67. The Morgan fingerprint density at radius 1 is 1.04 bits per heavy atom. The van der Waals surface area contributed by atoms with Crippen molar-refractivity contribution in [3.63, 3.8) is 0 Å². The molecule has 2 atom stereocenters. The predicted octanol–water partition coefficient (Wildman–Crippen LogP) is -4.35. The monoisotopic (exact) mass is 396 g/mol. The van der Waals surface area contributed by atoms with Crippen LogP contribution in [0.25, 0.3) is 0 Å². The van der Waals surface area contributed by atoms with Gasteiger partial charge in [0.15, 0.2) is 5.60 Å².